The van der Waals surface area contributed by atoms with Gasteiger partial charge in [-0.1, -0.05) is 0 Å². The number of aliphatic carboxylic acids is 2. The molecule has 22 heavy (non-hydrogen) atoms. The van der Waals surface area contributed by atoms with Gasteiger partial charge >= 0.3 is 11.9 Å². The lowest BCUT2D eigenvalue weighted by atomic mass is 9.99. The summed E-state index contributed by atoms with van der Waals surface area (Å²) in [6, 6.07) is 0. The zero-order valence-electron chi connectivity index (χ0n) is 11.6. The second kappa shape index (κ2) is 7.17. The van der Waals surface area contributed by atoms with Crippen LogP contribution in [0.1, 0.15) is 26.7 Å². The summed E-state index contributed by atoms with van der Waals surface area (Å²) in [6.07, 6.45) is -1.68. The maximum atomic E-state index is 11.1. The highest BCUT2D eigenvalue weighted by molar-refractivity contribution is 7.86. The van der Waals surface area contributed by atoms with Crippen LogP contribution < -0.4 is 0 Å². The van der Waals surface area contributed by atoms with Gasteiger partial charge in [0, 0.05) is 11.1 Å². The van der Waals surface area contributed by atoms with Gasteiger partial charge in [0.05, 0.1) is 10.5 Å². The van der Waals surface area contributed by atoms with Crippen LogP contribution in [0.4, 0.5) is 0 Å². The van der Waals surface area contributed by atoms with Crippen molar-refractivity contribution >= 4 is 32.2 Å². The topological polar surface area (TPSA) is 183 Å². The predicted octanol–water partition coefficient (Wildman–Crippen LogP) is -0.215. The highest BCUT2D eigenvalue weighted by atomic mass is 32.2. The number of rotatable bonds is 8. The summed E-state index contributed by atoms with van der Waals surface area (Å²) < 4.78 is 61.3. The number of carboxylic acid groups (broad SMARTS) is 2. The van der Waals surface area contributed by atoms with Crippen LogP contribution in [0, 0.1) is 0 Å². The largest absolute Gasteiger partial charge is 0.478 e. The Morgan fingerprint density at radius 1 is 0.773 bits per heavy atom. The van der Waals surface area contributed by atoms with Gasteiger partial charge in [0.15, 0.2) is 0 Å². The lowest BCUT2D eigenvalue weighted by molar-refractivity contribution is -0.136. The Bertz CT molecular complexity index is 625. The summed E-state index contributed by atoms with van der Waals surface area (Å²) in [5.74, 6) is -3.54. The minimum absolute atomic E-state index is 0.839. The first-order chi connectivity index (χ1) is 9.67. The second-order valence-electron chi connectivity index (χ2n) is 4.63. The highest BCUT2D eigenvalue weighted by Gasteiger charge is 2.30. The van der Waals surface area contributed by atoms with E-state index in [2.05, 4.69) is 0 Å². The molecule has 0 aliphatic heterocycles. The predicted molar refractivity (Wildman–Crippen MR) is 73.6 cm³/mol. The fraction of sp³-hybridized carbons (Fsp3) is 0.600. The van der Waals surface area contributed by atoms with Crippen molar-refractivity contribution < 1.29 is 45.7 Å². The molecule has 0 heterocycles. The standard InChI is InChI=1S/C10H16O10S2/c1-5(21(15,16)17)3-7(9(11)12)8(10(13)14)4-6(2)22(18,19)20/h5-6H,3-4H2,1-2H3,(H,11,12)(H,13,14)(H,15,16,17)(H,18,19,20)/b8-7+. The van der Waals surface area contributed by atoms with Crippen LogP contribution in [0.5, 0.6) is 0 Å². The van der Waals surface area contributed by atoms with E-state index in [0.29, 0.717) is 0 Å². The van der Waals surface area contributed by atoms with Crippen molar-refractivity contribution in [1.82, 2.24) is 0 Å². The Hall–Kier alpha value is -1.50. The number of carboxylic acids is 2. The molecule has 0 aliphatic rings. The van der Waals surface area contributed by atoms with Crippen molar-refractivity contribution in [3.05, 3.63) is 11.1 Å². The third-order valence-electron chi connectivity index (χ3n) is 2.88. The Morgan fingerprint density at radius 2 is 1.00 bits per heavy atom. The number of hydrogen-bond acceptors (Lipinski definition) is 6. The number of hydrogen-bond donors (Lipinski definition) is 4. The van der Waals surface area contributed by atoms with E-state index in [4.69, 9.17) is 19.3 Å². The van der Waals surface area contributed by atoms with E-state index >= 15 is 0 Å². The van der Waals surface area contributed by atoms with Gasteiger partial charge in [0.2, 0.25) is 0 Å². The lowest BCUT2D eigenvalue weighted by Gasteiger charge is -2.14. The van der Waals surface area contributed by atoms with Gasteiger partial charge in [-0.2, -0.15) is 16.8 Å². The van der Waals surface area contributed by atoms with E-state index in [0.717, 1.165) is 13.8 Å². The summed E-state index contributed by atoms with van der Waals surface area (Å²) >= 11 is 0. The van der Waals surface area contributed by atoms with Crippen LogP contribution in [-0.2, 0) is 29.8 Å². The monoisotopic (exact) mass is 360 g/mol. The van der Waals surface area contributed by atoms with Gasteiger partial charge in [-0.05, 0) is 26.7 Å². The van der Waals surface area contributed by atoms with Gasteiger partial charge < -0.3 is 10.2 Å². The maximum absolute atomic E-state index is 11.1. The van der Waals surface area contributed by atoms with Crippen LogP contribution in [0.2, 0.25) is 0 Å². The van der Waals surface area contributed by atoms with Crippen LogP contribution >= 0.6 is 0 Å². The van der Waals surface area contributed by atoms with E-state index in [-0.39, 0.29) is 0 Å². The second-order valence-corrected chi connectivity index (χ2v) is 8.30. The minimum Gasteiger partial charge on any atom is -0.478 e. The van der Waals surface area contributed by atoms with Crippen LogP contribution in [0.3, 0.4) is 0 Å². The van der Waals surface area contributed by atoms with Crippen molar-refractivity contribution in [1.29, 1.82) is 0 Å². The summed E-state index contributed by atoms with van der Waals surface area (Å²) in [7, 11) is -9.21. The summed E-state index contributed by atoms with van der Waals surface area (Å²) in [6.45, 7) is 1.92. The smallest absolute Gasteiger partial charge is 0.332 e. The van der Waals surface area contributed by atoms with Crippen molar-refractivity contribution in [2.24, 2.45) is 0 Å². The molecule has 0 rings (SSSR count). The molecule has 0 amide bonds. The van der Waals surface area contributed by atoms with Gasteiger partial charge in [-0.3, -0.25) is 9.11 Å². The molecule has 0 saturated heterocycles. The van der Waals surface area contributed by atoms with E-state index in [1.54, 1.807) is 0 Å². The molecule has 0 radical (unpaired) electrons. The molecule has 0 fully saturated rings. The molecule has 0 saturated carbocycles. The third-order valence-corrected chi connectivity index (χ3v) is 5.25. The fourth-order valence-corrected chi connectivity index (χ4v) is 2.22. The molecule has 0 bridgehead atoms. The lowest BCUT2D eigenvalue weighted by Crippen LogP contribution is -2.25. The summed E-state index contributed by atoms with van der Waals surface area (Å²) in [4.78, 5) is 22.3. The molecule has 0 aliphatic carbocycles. The zero-order chi connectivity index (χ0) is 17.9. The Labute approximate surface area is 127 Å². The zero-order valence-corrected chi connectivity index (χ0v) is 13.3. The van der Waals surface area contributed by atoms with Gasteiger partial charge in [0.25, 0.3) is 20.2 Å². The van der Waals surface area contributed by atoms with E-state index in [1.807, 2.05) is 0 Å². The first-order valence-electron chi connectivity index (χ1n) is 5.79. The fourth-order valence-electron chi connectivity index (χ4n) is 1.46. The van der Waals surface area contributed by atoms with Crippen molar-refractivity contribution in [2.45, 2.75) is 37.2 Å². The number of carbonyl (C=O) groups is 2. The van der Waals surface area contributed by atoms with E-state index in [9.17, 15) is 26.4 Å². The van der Waals surface area contributed by atoms with Gasteiger partial charge in [-0.25, -0.2) is 9.59 Å². The van der Waals surface area contributed by atoms with Gasteiger partial charge in [-0.15, -0.1) is 0 Å². The Kier molecular flexibility index (Phi) is 6.69. The SMILES string of the molecule is CC(C/C(C(=O)O)=C(/CC(C)S(=O)(=O)O)C(=O)O)S(=O)(=O)O. The van der Waals surface area contributed by atoms with Gasteiger partial charge in [0.1, 0.15) is 0 Å². The molecule has 0 aromatic heterocycles. The first kappa shape index (κ1) is 20.5. The van der Waals surface area contributed by atoms with Crippen molar-refractivity contribution in [3.63, 3.8) is 0 Å². The van der Waals surface area contributed by atoms with Crippen molar-refractivity contribution in [2.75, 3.05) is 0 Å². The normalized spacial score (nSPS) is 16.5. The van der Waals surface area contributed by atoms with Crippen LogP contribution in [0.15, 0.2) is 11.1 Å². The Balaban J connectivity index is 5.89. The molecule has 0 aromatic carbocycles. The molecule has 0 aromatic rings. The molecule has 128 valence electrons. The molecule has 2 unspecified atom stereocenters. The minimum atomic E-state index is -4.61. The quantitative estimate of drug-likeness (QED) is 0.333. The molecule has 2 atom stereocenters. The van der Waals surface area contributed by atoms with E-state index < -0.39 is 66.7 Å². The third kappa shape index (κ3) is 6.09. The molecule has 12 heteroatoms. The average molecular weight is 360 g/mol. The Morgan fingerprint density at radius 3 is 1.14 bits per heavy atom. The summed E-state index contributed by atoms with van der Waals surface area (Å²) in [5, 5.41) is 14.8. The average Bonchev–Trinajstić information content (AvgIpc) is 2.29. The first-order valence-corrected chi connectivity index (χ1v) is 8.79. The maximum Gasteiger partial charge on any atom is 0.332 e. The molecule has 10 nitrogen and oxygen atoms in total. The molecule has 4 N–H and O–H groups in total. The molecule has 0 spiro atoms. The van der Waals surface area contributed by atoms with E-state index in [1.165, 1.54) is 0 Å². The highest BCUT2D eigenvalue weighted by Crippen LogP contribution is 2.22. The van der Waals surface area contributed by atoms with Crippen molar-refractivity contribution in [3.8, 4) is 0 Å². The molecular formula is C10H16O10S2. The van der Waals surface area contributed by atoms with Crippen LogP contribution in [0.25, 0.3) is 0 Å². The van der Waals surface area contributed by atoms with Crippen LogP contribution in [-0.4, -0.2) is 58.6 Å². The summed E-state index contributed by atoms with van der Waals surface area (Å²) in [5.41, 5.74) is -1.73. The molecular weight excluding hydrogens is 344 g/mol.